The molecule has 0 bridgehead atoms. The molecular formula is C18H19N3O5S. The molecule has 3 rings (SSSR count). The summed E-state index contributed by atoms with van der Waals surface area (Å²) in [6.07, 6.45) is 3.70. The van der Waals surface area contributed by atoms with Gasteiger partial charge in [-0.3, -0.25) is 19.7 Å². The molecule has 142 valence electrons. The van der Waals surface area contributed by atoms with Crippen LogP contribution in [0, 0.1) is 17.0 Å². The molecule has 2 aromatic rings. The van der Waals surface area contributed by atoms with E-state index in [4.69, 9.17) is 10.5 Å². The Balaban J connectivity index is 1.72. The van der Waals surface area contributed by atoms with Gasteiger partial charge >= 0.3 is 0 Å². The molecule has 3 N–H and O–H groups in total. The summed E-state index contributed by atoms with van der Waals surface area (Å²) < 4.78 is 5.44. The van der Waals surface area contributed by atoms with E-state index >= 15 is 0 Å². The first-order valence-corrected chi connectivity index (χ1v) is 9.31. The number of carbonyl (C=O) groups is 2. The zero-order valence-corrected chi connectivity index (χ0v) is 15.6. The van der Waals surface area contributed by atoms with Crippen LogP contribution in [-0.2, 0) is 17.6 Å². The van der Waals surface area contributed by atoms with Crippen LogP contribution >= 0.6 is 11.3 Å². The molecule has 1 aliphatic carbocycles. The molecule has 2 amide bonds. The highest BCUT2D eigenvalue weighted by molar-refractivity contribution is 7.17. The smallest absolute Gasteiger partial charge is 0.276 e. The second kappa shape index (κ2) is 7.75. The Morgan fingerprint density at radius 1 is 1.33 bits per heavy atom. The van der Waals surface area contributed by atoms with Crippen LogP contribution in [-0.4, -0.2) is 23.3 Å². The summed E-state index contributed by atoms with van der Waals surface area (Å²) >= 11 is 1.37. The van der Waals surface area contributed by atoms with Gasteiger partial charge in [-0.2, -0.15) is 0 Å². The third-order valence-corrected chi connectivity index (χ3v) is 5.69. The van der Waals surface area contributed by atoms with Crippen molar-refractivity contribution in [2.75, 3.05) is 11.9 Å². The molecule has 0 saturated carbocycles. The van der Waals surface area contributed by atoms with Gasteiger partial charge in [-0.25, -0.2) is 0 Å². The van der Waals surface area contributed by atoms with Crippen molar-refractivity contribution in [1.82, 2.24) is 0 Å². The lowest BCUT2D eigenvalue weighted by Gasteiger charge is -2.11. The highest BCUT2D eigenvalue weighted by atomic mass is 32.1. The van der Waals surface area contributed by atoms with Gasteiger partial charge in [-0.05, 0) is 44.2 Å². The van der Waals surface area contributed by atoms with E-state index in [1.165, 1.54) is 23.5 Å². The maximum absolute atomic E-state index is 12.3. The Kier molecular flexibility index (Phi) is 5.41. The minimum absolute atomic E-state index is 0.0742. The van der Waals surface area contributed by atoms with Gasteiger partial charge in [0.25, 0.3) is 17.5 Å². The number of carbonyl (C=O) groups excluding carboxylic acids is 2. The van der Waals surface area contributed by atoms with Gasteiger partial charge in [0.1, 0.15) is 10.8 Å². The van der Waals surface area contributed by atoms with E-state index in [1.807, 2.05) is 0 Å². The van der Waals surface area contributed by atoms with Crippen LogP contribution in [0.5, 0.6) is 5.75 Å². The molecule has 27 heavy (non-hydrogen) atoms. The number of benzene rings is 1. The van der Waals surface area contributed by atoms with Crippen molar-refractivity contribution in [3.05, 3.63) is 49.9 Å². The second-order valence-corrected chi connectivity index (χ2v) is 7.38. The summed E-state index contributed by atoms with van der Waals surface area (Å²) in [5, 5.41) is 14.1. The predicted molar refractivity (Wildman–Crippen MR) is 101 cm³/mol. The quantitative estimate of drug-likeness (QED) is 0.580. The summed E-state index contributed by atoms with van der Waals surface area (Å²) in [5.41, 5.74) is 7.10. The molecule has 0 fully saturated rings. The minimum atomic E-state index is -0.555. The molecule has 0 aliphatic heterocycles. The minimum Gasteiger partial charge on any atom is -0.483 e. The van der Waals surface area contributed by atoms with Crippen molar-refractivity contribution in [2.45, 2.75) is 32.6 Å². The fraction of sp³-hybridized carbons (Fsp3) is 0.333. The van der Waals surface area contributed by atoms with Crippen LogP contribution in [0.15, 0.2) is 18.2 Å². The molecule has 1 aromatic heterocycles. The van der Waals surface area contributed by atoms with E-state index in [0.29, 0.717) is 16.1 Å². The van der Waals surface area contributed by atoms with Crippen molar-refractivity contribution in [3.8, 4) is 5.75 Å². The van der Waals surface area contributed by atoms with Crippen molar-refractivity contribution in [3.63, 3.8) is 0 Å². The number of nitrogens with one attached hydrogen (secondary N) is 1. The van der Waals surface area contributed by atoms with E-state index in [1.54, 1.807) is 13.0 Å². The fourth-order valence-corrected chi connectivity index (χ4v) is 4.49. The van der Waals surface area contributed by atoms with E-state index in [9.17, 15) is 19.7 Å². The number of primary amides is 1. The molecule has 0 saturated heterocycles. The molecule has 0 radical (unpaired) electrons. The van der Waals surface area contributed by atoms with Crippen molar-refractivity contribution in [2.24, 2.45) is 5.73 Å². The number of hydrogen-bond donors (Lipinski definition) is 2. The number of nitrogens with two attached hydrogens (primary N) is 1. The van der Waals surface area contributed by atoms with Crippen molar-refractivity contribution in [1.29, 1.82) is 0 Å². The summed E-state index contributed by atoms with van der Waals surface area (Å²) in [7, 11) is 0. The summed E-state index contributed by atoms with van der Waals surface area (Å²) in [6.45, 7) is 1.23. The Bertz CT molecular complexity index is 922. The van der Waals surface area contributed by atoms with Crippen LogP contribution in [0.3, 0.4) is 0 Å². The maximum Gasteiger partial charge on any atom is 0.276 e. The summed E-state index contributed by atoms with van der Waals surface area (Å²) in [5.74, 6) is -0.748. The van der Waals surface area contributed by atoms with Crippen LogP contribution in [0.1, 0.15) is 39.2 Å². The number of anilines is 1. The van der Waals surface area contributed by atoms with E-state index in [2.05, 4.69) is 5.32 Å². The van der Waals surface area contributed by atoms with Crippen LogP contribution in [0.25, 0.3) is 0 Å². The summed E-state index contributed by atoms with van der Waals surface area (Å²) in [4.78, 5) is 35.7. The van der Waals surface area contributed by atoms with Gasteiger partial charge < -0.3 is 15.8 Å². The number of nitro benzene ring substituents is 1. The first kappa shape index (κ1) is 18.8. The SMILES string of the molecule is Cc1c(OCC(=O)Nc2sc3c(c2C(N)=O)CCCC3)cccc1[N+](=O)[O-]. The molecule has 1 aliphatic rings. The lowest BCUT2D eigenvalue weighted by Crippen LogP contribution is -2.22. The average Bonchev–Trinajstić information content (AvgIpc) is 2.98. The Morgan fingerprint density at radius 2 is 2.07 bits per heavy atom. The number of nitrogens with zero attached hydrogens (tertiary/aromatic N) is 1. The monoisotopic (exact) mass is 389 g/mol. The zero-order chi connectivity index (χ0) is 19.6. The molecule has 9 heteroatoms. The van der Waals surface area contributed by atoms with Crippen LogP contribution < -0.4 is 15.8 Å². The standard InChI is InChI=1S/C18H19N3O5S/c1-10-12(21(24)25)6-4-7-13(10)26-9-15(22)20-18-16(17(19)23)11-5-2-3-8-14(11)27-18/h4,6-7H,2-3,5,8-9H2,1H3,(H2,19,23)(H,20,22). The maximum atomic E-state index is 12.3. The normalized spacial score (nSPS) is 12.9. The van der Waals surface area contributed by atoms with E-state index in [0.717, 1.165) is 36.1 Å². The van der Waals surface area contributed by atoms with Gasteiger partial charge in [-0.15, -0.1) is 11.3 Å². The Morgan fingerprint density at radius 3 is 2.78 bits per heavy atom. The van der Waals surface area contributed by atoms with Gasteiger partial charge in [0.05, 0.1) is 16.1 Å². The van der Waals surface area contributed by atoms with Gasteiger partial charge in [0, 0.05) is 10.9 Å². The number of amides is 2. The van der Waals surface area contributed by atoms with Gasteiger partial charge in [-0.1, -0.05) is 6.07 Å². The van der Waals surface area contributed by atoms with Gasteiger partial charge in [0.15, 0.2) is 6.61 Å². The van der Waals surface area contributed by atoms with Gasteiger partial charge in [0.2, 0.25) is 0 Å². The number of hydrogen-bond acceptors (Lipinski definition) is 6. The molecule has 1 aromatic carbocycles. The largest absolute Gasteiger partial charge is 0.483 e. The topological polar surface area (TPSA) is 125 Å². The number of thiophene rings is 1. The van der Waals surface area contributed by atoms with Crippen molar-refractivity contribution >= 4 is 33.8 Å². The molecule has 0 spiro atoms. The lowest BCUT2D eigenvalue weighted by molar-refractivity contribution is -0.385. The molecule has 8 nitrogen and oxygen atoms in total. The number of aryl methyl sites for hydroxylation is 1. The van der Waals surface area contributed by atoms with E-state index < -0.39 is 16.7 Å². The second-order valence-electron chi connectivity index (χ2n) is 6.27. The first-order valence-electron chi connectivity index (χ1n) is 8.49. The van der Waals surface area contributed by atoms with Crippen LogP contribution in [0.4, 0.5) is 10.7 Å². The summed E-state index contributed by atoms with van der Waals surface area (Å²) in [6, 6.07) is 4.43. The third-order valence-electron chi connectivity index (χ3n) is 4.48. The average molecular weight is 389 g/mol. The molecule has 1 heterocycles. The number of ether oxygens (including phenoxy) is 1. The van der Waals surface area contributed by atoms with Crippen LogP contribution in [0.2, 0.25) is 0 Å². The molecule has 0 atom stereocenters. The van der Waals surface area contributed by atoms with Crippen molar-refractivity contribution < 1.29 is 19.2 Å². The van der Waals surface area contributed by atoms with E-state index in [-0.39, 0.29) is 18.0 Å². The fourth-order valence-electron chi connectivity index (χ4n) is 3.18. The number of nitro groups is 1. The predicted octanol–water partition coefficient (Wildman–Crippen LogP) is 2.96. The Hall–Kier alpha value is -2.94. The number of fused-ring (bicyclic) bond motifs is 1. The lowest BCUT2D eigenvalue weighted by atomic mass is 9.95. The molecule has 0 unspecified atom stereocenters. The first-order chi connectivity index (χ1) is 12.9. The Labute approximate surface area is 159 Å². The highest BCUT2D eigenvalue weighted by Crippen LogP contribution is 2.37. The highest BCUT2D eigenvalue weighted by Gasteiger charge is 2.25. The third kappa shape index (κ3) is 3.92. The zero-order valence-electron chi connectivity index (χ0n) is 14.7. The molecular weight excluding hydrogens is 370 g/mol. The number of rotatable bonds is 6.